The number of allylic oxidation sites excluding steroid dienone is 2. The van der Waals surface area contributed by atoms with E-state index < -0.39 is 5.97 Å². The Hall–Kier alpha value is -3.52. The largest absolute Gasteiger partial charge is 0.504 e. The zero-order valence-corrected chi connectivity index (χ0v) is 13.7. The third-order valence-electron chi connectivity index (χ3n) is 3.31. The van der Waals surface area contributed by atoms with Crippen LogP contribution in [0.4, 0.5) is 0 Å². The van der Waals surface area contributed by atoms with Crippen LogP contribution in [-0.4, -0.2) is 18.2 Å². The van der Waals surface area contributed by atoms with Gasteiger partial charge in [-0.05, 0) is 29.3 Å². The molecule has 0 radical (unpaired) electrons. The maximum Gasteiger partial charge on any atom is 0.349 e. The molecule has 126 valence electrons. The second-order valence-electron chi connectivity index (χ2n) is 5.04. The molecular weight excluding hydrogens is 318 g/mol. The predicted molar refractivity (Wildman–Crippen MR) is 93.6 cm³/mol. The molecule has 0 unspecified atom stereocenters. The second kappa shape index (κ2) is 8.94. The molecule has 0 atom stereocenters. The summed E-state index contributed by atoms with van der Waals surface area (Å²) in [7, 11) is 1.46. The molecular formula is C20H17NO4. The standard InChI is InChI=1S/C20H17NO4/c1-24-19-12-15(10-11-18(19)22)8-5-9-17(13-21)20(23)25-14-16-6-3-2-4-7-16/h2-12,22H,14H2,1H3. The molecule has 0 aromatic heterocycles. The zero-order chi connectivity index (χ0) is 18.1. The Morgan fingerprint density at radius 3 is 2.68 bits per heavy atom. The molecule has 0 bridgehead atoms. The third kappa shape index (κ3) is 5.26. The number of methoxy groups -OCH3 is 1. The van der Waals surface area contributed by atoms with Crippen LogP contribution in [0.3, 0.4) is 0 Å². The van der Waals surface area contributed by atoms with Crippen molar-refractivity contribution < 1.29 is 19.4 Å². The number of carbonyl (C=O) groups is 1. The normalized spacial score (nSPS) is 11.1. The van der Waals surface area contributed by atoms with Crippen LogP contribution < -0.4 is 4.74 Å². The molecule has 0 spiro atoms. The number of ether oxygens (including phenoxy) is 2. The maximum absolute atomic E-state index is 11.9. The SMILES string of the molecule is COc1cc(C=CC=C(C#N)C(=O)OCc2ccccc2)ccc1O. The van der Waals surface area contributed by atoms with Crippen molar-refractivity contribution >= 4 is 12.0 Å². The van der Waals surface area contributed by atoms with Gasteiger partial charge in [0.25, 0.3) is 0 Å². The monoisotopic (exact) mass is 335 g/mol. The highest BCUT2D eigenvalue weighted by Crippen LogP contribution is 2.26. The highest BCUT2D eigenvalue weighted by atomic mass is 16.5. The first-order valence-electron chi connectivity index (χ1n) is 7.50. The number of hydrogen-bond acceptors (Lipinski definition) is 5. The van der Waals surface area contributed by atoms with Gasteiger partial charge in [0.1, 0.15) is 18.2 Å². The first-order chi connectivity index (χ1) is 12.1. The summed E-state index contributed by atoms with van der Waals surface area (Å²) in [5, 5.41) is 18.7. The van der Waals surface area contributed by atoms with Crippen LogP contribution in [-0.2, 0) is 16.1 Å². The van der Waals surface area contributed by atoms with Gasteiger partial charge in [-0.3, -0.25) is 0 Å². The fourth-order valence-electron chi connectivity index (χ4n) is 2.01. The minimum Gasteiger partial charge on any atom is -0.504 e. The van der Waals surface area contributed by atoms with E-state index in [2.05, 4.69) is 0 Å². The van der Waals surface area contributed by atoms with Crippen molar-refractivity contribution in [2.45, 2.75) is 6.61 Å². The first-order valence-corrected chi connectivity index (χ1v) is 7.50. The van der Waals surface area contributed by atoms with Crippen LogP contribution >= 0.6 is 0 Å². The van der Waals surface area contributed by atoms with Gasteiger partial charge in [0.2, 0.25) is 0 Å². The number of rotatable bonds is 6. The van der Waals surface area contributed by atoms with E-state index in [-0.39, 0.29) is 17.9 Å². The maximum atomic E-state index is 11.9. The van der Waals surface area contributed by atoms with E-state index in [4.69, 9.17) is 14.7 Å². The average molecular weight is 335 g/mol. The quantitative estimate of drug-likeness (QED) is 0.377. The molecule has 0 fully saturated rings. The fourth-order valence-corrected chi connectivity index (χ4v) is 2.01. The number of esters is 1. The van der Waals surface area contributed by atoms with E-state index in [1.54, 1.807) is 24.3 Å². The molecule has 25 heavy (non-hydrogen) atoms. The molecule has 1 N–H and O–H groups in total. The summed E-state index contributed by atoms with van der Waals surface area (Å²) in [6.45, 7) is 0.109. The molecule has 0 heterocycles. The van der Waals surface area contributed by atoms with Crippen LogP contribution in [0.25, 0.3) is 6.08 Å². The van der Waals surface area contributed by atoms with Crippen molar-refractivity contribution in [2.24, 2.45) is 0 Å². The summed E-state index contributed by atoms with van der Waals surface area (Å²) in [5.74, 6) is -0.300. The number of phenols is 1. The molecule has 5 nitrogen and oxygen atoms in total. The predicted octanol–water partition coefficient (Wildman–Crippen LogP) is 3.61. The van der Waals surface area contributed by atoms with Crippen LogP contribution in [0.2, 0.25) is 0 Å². The number of phenolic OH excluding ortho intramolecular Hbond substituents is 1. The van der Waals surface area contributed by atoms with Gasteiger partial charge in [0.15, 0.2) is 11.5 Å². The van der Waals surface area contributed by atoms with E-state index in [0.717, 1.165) is 11.1 Å². The van der Waals surface area contributed by atoms with Crippen molar-refractivity contribution in [1.29, 1.82) is 5.26 Å². The molecule has 0 saturated heterocycles. The molecule has 0 aliphatic carbocycles. The highest BCUT2D eigenvalue weighted by molar-refractivity contribution is 5.93. The van der Waals surface area contributed by atoms with Gasteiger partial charge in [0.05, 0.1) is 7.11 Å². The van der Waals surface area contributed by atoms with E-state index in [1.165, 1.54) is 19.3 Å². The lowest BCUT2D eigenvalue weighted by Gasteiger charge is -2.04. The number of hydrogen-bond donors (Lipinski definition) is 1. The van der Waals surface area contributed by atoms with Gasteiger partial charge in [-0.1, -0.05) is 48.6 Å². The summed E-state index contributed by atoms with van der Waals surface area (Å²) in [5.41, 5.74) is 1.50. The molecule has 5 heteroatoms. The number of benzene rings is 2. The van der Waals surface area contributed by atoms with E-state index in [1.807, 2.05) is 36.4 Å². The Morgan fingerprint density at radius 2 is 2.00 bits per heavy atom. The van der Waals surface area contributed by atoms with Crippen molar-refractivity contribution in [3.8, 4) is 17.6 Å². The third-order valence-corrected chi connectivity index (χ3v) is 3.31. The summed E-state index contributed by atoms with van der Waals surface area (Å²) in [6, 6.07) is 15.9. The lowest BCUT2D eigenvalue weighted by atomic mass is 10.1. The van der Waals surface area contributed by atoms with Gasteiger partial charge >= 0.3 is 5.97 Å². The number of aromatic hydroxyl groups is 1. The van der Waals surface area contributed by atoms with E-state index in [9.17, 15) is 9.90 Å². The molecule has 0 saturated carbocycles. The average Bonchev–Trinajstić information content (AvgIpc) is 2.65. The van der Waals surface area contributed by atoms with E-state index >= 15 is 0 Å². The lowest BCUT2D eigenvalue weighted by molar-refractivity contribution is -0.139. The van der Waals surface area contributed by atoms with Crippen LogP contribution in [0.1, 0.15) is 11.1 Å². The summed E-state index contributed by atoms with van der Waals surface area (Å²) < 4.78 is 10.1. The smallest absolute Gasteiger partial charge is 0.349 e. The van der Waals surface area contributed by atoms with Gasteiger partial charge in [-0.2, -0.15) is 5.26 Å². The van der Waals surface area contributed by atoms with Crippen molar-refractivity contribution in [3.63, 3.8) is 0 Å². The number of carbonyl (C=O) groups excluding carboxylic acids is 1. The Labute approximate surface area is 146 Å². The van der Waals surface area contributed by atoms with Gasteiger partial charge in [0, 0.05) is 0 Å². The topological polar surface area (TPSA) is 79.5 Å². The van der Waals surface area contributed by atoms with Crippen molar-refractivity contribution in [1.82, 2.24) is 0 Å². The minimum absolute atomic E-state index is 0.0393. The van der Waals surface area contributed by atoms with Gasteiger partial charge in [-0.15, -0.1) is 0 Å². The van der Waals surface area contributed by atoms with Gasteiger partial charge < -0.3 is 14.6 Å². The van der Waals surface area contributed by atoms with Gasteiger partial charge in [-0.25, -0.2) is 4.79 Å². The molecule has 0 aliphatic heterocycles. The summed E-state index contributed by atoms with van der Waals surface area (Å²) in [6.07, 6.45) is 4.63. The Kier molecular flexibility index (Phi) is 6.38. The van der Waals surface area contributed by atoms with Crippen LogP contribution in [0.15, 0.2) is 66.3 Å². The van der Waals surface area contributed by atoms with Crippen molar-refractivity contribution in [3.05, 3.63) is 77.4 Å². The zero-order valence-electron chi connectivity index (χ0n) is 13.7. The summed E-state index contributed by atoms with van der Waals surface area (Å²) >= 11 is 0. The molecule has 2 aromatic rings. The molecule has 0 amide bonds. The summed E-state index contributed by atoms with van der Waals surface area (Å²) in [4.78, 5) is 11.9. The number of nitriles is 1. The Bertz CT molecular complexity index is 833. The molecule has 0 aliphatic rings. The second-order valence-corrected chi connectivity index (χ2v) is 5.04. The number of nitrogens with zero attached hydrogens (tertiary/aromatic N) is 1. The van der Waals surface area contributed by atoms with Crippen LogP contribution in [0, 0.1) is 11.3 Å². The van der Waals surface area contributed by atoms with E-state index in [0.29, 0.717) is 5.75 Å². The highest BCUT2D eigenvalue weighted by Gasteiger charge is 2.09. The van der Waals surface area contributed by atoms with Crippen molar-refractivity contribution in [2.75, 3.05) is 7.11 Å². The Morgan fingerprint density at radius 1 is 1.24 bits per heavy atom. The van der Waals surface area contributed by atoms with Crippen LogP contribution in [0.5, 0.6) is 11.5 Å². The molecule has 2 aromatic carbocycles. The fraction of sp³-hybridized carbons (Fsp3) is 0.100. The minimum atomic E-state index is -0.681. The molecule has 2 rings (SSSR count). The lowest BCUT2D eigenvalue weighted by Crippen LogP contribution is -2.06. The first kappa shape index (κ1) is 17.8. The Balaban J connectivity index is 2.01.